The van der Waals surface area contributed by atoms with Crippen LogP contribution in [0.15, 0.2) is 11.5 Å². The van der Waals surface area contributed by atoms with E-state index in [-0.39, 0.29) is 0 Å². The maximum atomic E-state index is 10.5. The second-order valence-corrected chi connectivity index (χ2v) is 3.64. The van der Waals surface area contributed by atoms with Gasteiger partial charge in [0, 0.05) is 17.1 Å². The fourth-order valence-corrected chi connectivity index (χ4v) is 1.12. The molecule has 0 amide bonds. The van der Waals surface area contributed by atoms with Crippen LogP contribution in [-0.4, -0.2) is 10.5 Å². The van der Waals surface area contributed by atoms with Gasteiger partial charge in [-0.2, -0.15) is 0 Å². The Morgan fingerprint density at radius 2 is 2.10 bits per heavy atom. The van der Waals surface area contributed by atoms with Gasteiger partial charge in [0.15, 0.2) is 0 Å². The van der Waals surface area contributed by atoms with Gasteiger partial charge in [0.1, 0.15) is 0 Å². The summed E-state index contributed by atoms with van der Waals surface area (Å²) in [4.78, 5) is 0. The Hall–Kier alpha value is -0.110. The summed E-state index contributed by atoms with van der Waals surface area (Å²) in [6.07, 6.45) is 8.53. The third-order valence-corrected chi connectivity index (χ3v) is 1.84. The van der Waals surface area contributed by atoms with Gasteiger partial charge in [-0.3, -0.25) is 4.21 Å². The topological polar surface area (TPSA) is 17.1 Å². The number of allylic oxidation sites excluding steroid dienone is 1. The minimum atomic E-state index is -0.752. The molecule has 0 aromatic rings. The Labute approximate surface area is 66.0 Å². The number of hydrogen-bond acceptors (Lipinski definition) is 1. The van der Waals surface area contributed by atoms with E-state index >= 15 is 0 Å². The highest BCUT2D eigenvalue weighted by atomic mass is 32.2. The third kappa shape index (κ3) is 7.89. The number of hydrogen-bond donors (Lipinski definition) is 0. The Morgan fingerprint density at radius 3 is 2.60 bits per heavy atom. The fourth-order valence-electron chi connectivity index (χ4n) is 0.716. The molecule has 0 N–H and O–H groups in total. The molecule has 0 aromatic heterocycles. The fraction of sp³-hybridized carbons (Fsp3) is 0.750. The van der Waals surface area contributed by atoms with Gasteiger partial charge in [-0.15, -0.1) is 0 Å². The summed E-state index contributed by atoms with van der Waals surface area (Å²) < 4.78 is 10.5. The van der Waals surface area contributed by atoms with E-state index in [1.807, 2.05) is 6.08 Å². The van der Waals surface area contributed by atoms with Gasteiger partial charge in [-0.05, 0) is 18.2 Å². The highest BCUT2D eigenvalue weighted by Gasteiger charge is 1.82. The lowest BCUT2D eigenvalue weighted by Gasteiger charge is -1.89. The SMILES string of the molecule is CCCCC/C=C/S(C)=O. The first-order valence-corrected chi connectivity index (χ1v) is 5.38. The highest BCUT2D eigenvalue weighted by Crippen LogP contribution is 1.99. The molecule has 0 heterocycles. The lowest BCUT2D eigenvalue weighted by atomic mass is 10.2. The summed E-state index contributed by atoms with van der Waals surface area (Å²) in [6, 6.07) is 0. The van der Waals surface area contributed by atoms with Gasteiger partial charge in [0.2, 0.25) is 0 Å². The average molecular weight is 160 g/mol. The molecule has 0 radical (unpaired) electrons. The molecule has 1 unspecified atom stereocenters. The molecule has 0 fully saturated rings. The van der Waals surface area contributed by atoms with E-state index in [1.54, 1.807) is 11.7 Å². The molecular weight excluding hydrogens is 144 g/mol. The maximum Gasteiger partial charge on any atom is 0.0421 e. The molecule has 0 aliphatic rings. The summed E-state index contributed by atoms with van der Waals surface area (Å²) in [5, 5.41) is 1.76. The molecule has 1 nitrogen and oxygen atoms in total. The van der Waals surface area contributed by atoms with Crippen molar-refractivity contribution in [1.29, 1.82) is 0 Å². The second kappa shape index (κ2) is 7.00. The molecule has 0 aromatic carbocycles. The first-order chi connectivity index (χ1) is 4.77. The van der Waals surface area contributed by atoms with Crippen LogP contribution in [0.25, 0.3) is 0 Å². The molecule has 60 valence electrons. The molecule has 0 aliphatic heterocycles. The number of unbranched alkanes of at least 4 members (excludes halogenated alkanes) is 3. The van der Waals surface area contributed by atoms with Crippen LogP contribution in [-0.2, 0) is 10.8 Å². The molecule has 0 saturated carbocycles. The smallest absolute Gasteiger partial charge is 0.0421 e. The van der Waals surface area contributed by atoms with E-state index in [9.17, 15) is 4.21 Å². The van der Waals surface area contributed by atoms with E-state index in [1.165, 1.54) is 19.3 Å². The minimum Gasteiger partial charge on any atom is -0.255 e. The van der Waals surface area contributed by atoms with Crippen molar-refractivity contribution < 1.29 is 4.21 Å². The van der Waals surface area contributed by atoms with Crippen LogP contribution in [0.1, 0.15) is 32.6 Å². The van der Waals surface area contributed by atoms with Crippen molar-refractivity contribution in [2.75, 3.05) is 6.26 Å². The van der Waals surface area contributed by atoms with Crippen molar-refractivity contribution in [3.63, 3.8) is 0 Å². The molecule has 0 spiro atoms. The first kappa shape index (κ1) is 9.89. The van der Waals surface area contributed by atoms with Crippen LogP contribution in [0, 0.1) is 0 Å². The number of rotatable bonds is 5. The predicted molar refractivity (Wildman–Crippen MR) is 47.3 cm³/mol. The van der Waals surface area contributed by atoms with Crippen molar-refractivity contribution in [2.24, 2.45) is 0 Å². The van der Waals surface area contributed by atoms with Gasteiger partial charge in [0.05, 0.1) is 0 Å². The molecule has 0 aliphatic carbocycles. The molecule has 0 bridgehead atoms. The zero-order chi connectivity index (χ0) is 7.82. The summed E-state index contributed by atoms with van der Waals surface area (Å²) >= 11 is 0. The van der Waals surface area contributed by atoms with E-state index < -0.39 is 10.8 Å². The van der Waals surface area contributed by atoms with Crippen molar-refractivity contribution in [1.82, 2.24) is 0 Å². The molecule has 10 heavy (non-hydrogen) atoms. The maximum absolute atomic E-state index is 10.5. The van der Waals surface area contributed by atoms with Crippen LogP contribution in [0.4, 0.5) is 0 Å². The molecular formula is C8H16OS. The van der Waals surface area contributed by atoms with Gasteiger partial charge in [-0.25, -0.2) is 0 Å². The standard InChI is InChI=1S/C8H16OS/c1-3-4-5-6-7-8-10(2)9/h7-8H,3-6H2,1-2H3/b8-7+. The Bertz CT molecular complexity index is 118. The zero-order valence-corrected chi connectivity index (χ0v) is 7.62. The van der Waals surface area contributed by atoms with Crippen LogP contribution in [0.5, 0.6) is 0 Å². The van der Waals surface area contributed by atoms with Gasteiger partial charge in [-0.1, -0.05) is 25.8 Å². The normalized spacial score (nSPS) is 14.2. The second-order valence-electron chi connectivity index (χ2n) is 2.37. The van der Waals surface area contributed by atoms with Crippen molar-refractivity contribution in [3.8, 4) is 0 Å². The van der Waals surface area contributed by atoms with Crippen LogP contribution in [0.2, 0.25) is 0 Å². The van der Waals surface area contributed by atoms with Crippen LogP contribution >= 0.6 is 0 Å². The zero-order valence-electron chi connectivity index (χ0n) is 6.80. The summed E-state index contributed by atoms with van der Waals surface area (Å²) in [6.45, 7) is 2.18. The summed E-state index contributed by atoms with van der Waals surface area (Å²) in [5.41, 5.74) is 0. The quantitative estimate of drug-likeness (QED) is 0.565. The monoisotopic (exact) mass is 160 g/mol. The van der Waals surface area contributed by atoms with Gasteiger partial charge < -0.3 is 0 Å². The van der Waals surface area contributed by atoms with E-state index in [0.717, 1.165) is 6.42 Å². The Morgan fingerprint density at radius 1 is 1.40 bits per heavy atom. The van der Waals surface area contributed by atoms with Crippen molar-refractivity contribution >= 4 is 10.8 Å². The van der Waals surface area contributed by atoms with E-state index in [4.69, 9.17) is 0 Å². The third-order valence-electron chi connectivity index (χ3n) is 1.26. The van der Waals surface area contributed by atoms with Gasteiger partial charge in [0.25, 0.3) is 0 Å². The van der Waals surface area contributed by atoms with E-state index in [2.05, 4.69) is 6.92 Å². The predicted octanol–water partition coefficient (Wildman–Crippen LogP) is 2.46. The lowest BCUT2D eigenvalue weighted by molar-refractivity contribution is 0.691. The highest BCUT2D eigenvalue weighted by molar-refractivity contribution is 7.87. The van der Waals surface area contributed by atoms with Gasteiger partial charge >= 0.3 is 0 Å². The lowest BCUT2D eigenvalue weighted by Crippen LogP contribution is -1.75. The summed E-state index contributed by atoms with van der Waals surface area (Å²) in [5.74, 6) is 0. The Kier molecular flexibility index (Phi) is 6.93. The largest absolute Gasteiger partial charge is 0.255 e. The van der Waals surface area contributed by atoms with Crippen molar-refractivity contribution in [2.45, 2.75) is 32.6 Å². The van der Waals surface area contributed by atoms with Crippen LogP contribution in [0.3, 0.4) is 0 Å². The minimum absolute atomic E-state index is 0.752. The summed E-state index contributed by atoms with van der Waals surface area (Å²) in [7, 11) is -0.752. The molecule has 0 saturated heterocycles. The molecule has 0 rings (SSSR count). The van der Waals surface area contributed by atoms with E-state index in [0.29, 0.717) is 0 Å². The Balaban J connectivity index is 3.10. The van der Waals surface area contributed by atoms with Crippen LogP contribution < -0.4 is 0 Å². The molecule has 2 heteroatoms. The average Bonchev–Trinajstić information content (AvgIpc) is 1.87. The van der Waals surface area contributed by atoms with Crippen molar-refractivity contribution in [3.05, 3.63) is 11.5 Å². The first-order valence-electron chi connectivity index (χ1n) is 3.76. The molecule has 1 atom stereocenters.